The van der Waals surface area contributed by atoms with Gasteiger partial charge in [0.1, 0.15) is 0 Å². The van der Waals surface area contributed by atoms with Crippen LogP contribution in [0.4, 0.5) is 0 Å². The molecule has 0 spiro atoms. The Morgan fingerprint density at radius 2 is 2.00 bits per heavy atom. The van der Waals surface area contributed by atoms with E-state index in [1.54, 1.807) is 0 Å². The molecule has 1 aliphatic carbocycles. The maximum absolute atomic E-state index is 6.67. The SMILES string of the molecule is CCC1CCCCC1(N)Cc1ccc(Br)cc1. The van der Waals surface area contributed by atoms with Crippen LogP contribution >= 0.6 is 15.9 Å². The molecule has 2 atom stereocenters. The minimum absolute atomic E-state index is 0.0286. The van der Waals surface area contributed by atoms with E-state index in [1.165, 1.54) is 37.7 Å². The fourth-order valence-electron chi connectivity index (χ4n) is 3.16. The molecule has 0 radical (unpaired) electrons. The number of nitrogens with two attached hydrogens (primary N) is 1. The fraction of sp³-hybridized carbons (Fsp3) is 0.600. The molecule has 0 aromatic heterocycles. The number of rotatable bonds is 3. The van der Waals surface area contributed by atoms with E-state index in [4.69, 9.17) is 5.73 Å². The van der Waals surface area contributed by atoms with E-state index in [0.29, 0.717) is 5.92 Å². The molecule has 1 aliphatic rings. The molecule has 0 heterocycles. The Morgan fingerprint density at radius 1 is 1.29 bits per heavy atom. The molecule has 0 aliphatic heterocycles. The zero-order chi connectivity index (χ0) is 12.3. The predicted molar refractivity (Wildman–Crippen MR) is 77.0 cm³/mol. The van der Waals surface area contributed by atoms with Crippen LogP contribution in [0.2, 0.25) is 0 Å². The second kappa shape index (κ2) is 5.53. The van der Waals surface area contributed by atoms with Crippen molar-refractivity contribution in [1.29, 1.82) is 0 Å². The molecule has 2 unspecified atom stereocenters. The fourth-order valence-corrected chi connectivity index (χ4v) is 3.43. The van der Waals surface area contributed by atoms with Gasteiger partial charge in [-0.1, -0.05) is 54.2 Å². The summed E-state index contributed by atoms with van der Waals surface area (Å²) in [6.07, 6.45) is 7.39. The Bertz CT molecular complexity index is 360. The van der Waals surface area contributed by atoms with Gasteiger partial charge in [0.25, 0.3) is 0 Å². The average molecular weight is 296 g/mol. The minimum Gasteiger partial charge on any atom is -0.325 e. The highest BCUT2D eigenvalue weighted by atomic mass is 79.9. The highest BCUT2D eigenvalue weighted by molar-refractivity contribution is 9.10. The van der Waals surface area contributed by atoms with Gasteiger partial charge in [-0.05, 0) is 42.9 Å². The maximum Gasteiger partial charge on any atom is 0.0223 e. The first-order chi connectivity index (χ1) is 8.14. The van der Waals surface area contributed by atoms with E-state index >= 15 is 0 Å². The Kier molecular flexibility index (Phi) is 4.26. The number of hydrogen-bond donors (Lipinski definition) is 1. The first kappa shape index (κ1) is 13.1. The van der Waals surface area contributed by atoms with E-state index in [-0.39, 0.29) is 5.54 Å². The van der Waals surface area contributed by atoms with Gasteiger partial charge in [-0.3, -0.25) is 0 Å². The molecule has 0 saturated heterocycles. The summed E-state index contributed by atoms with van der Waals surface area (Å²) in [5.41, 5.74) is 8.07. The number of halogens is 1. The van der Waals surface area contributed by atoms with E-state index in [9.17, 15) is 0 Å². The van der Waals surface area contributed by atoms with E-state index < -0.39 is 0 Å². The van der Waals surface area contributed by atoms with Crippen LogP contribution in [0.15, 0.2) is 28.7 Å². The van der Waals surface area contributed by atoms with Crippen molar-refractivity contribution in [3.05, 3.63) is 34.3 Å². The standard InChI is InChI=1S/C15H22BrN/c1-2-13-5-3-4-10-15(13,17)11-12-6-8-14(16)9-7-12/h6-9,13H,2-5,10-11,17H2,1H3. The van der Waals surface area contributed by atoms with Crippen LogP contribution in [0.5, 0.6) is 0 Å². The summed E-state index contributed by atoms with van der Waals surface area (Å²) in [5, 5.41) is 0. The normalized spacial score (nSPS) is 29.2. The van der Waals surface area contributed by atoms with Gasteiger partial charge in [0.2, 0.25) is 0 Å². The van der Waals surface area contributed by atoms with Gasteiger partial charge >= 0.3 is 0 Å². The summed E-state index contributed by atoms with van der Waals surface area (Å²) >= 11 is 3.48. The Balaban J connectivity index is 2.11. The highest BCUT2D eigenvalue weighted by Gasteiger charge is 2.35. The third-order valence-corrected chi connectivity index (χ3v) is 4.73. The quantitative estimate of drug-likeness (QED) is 0.884. The third kappa shape index (κ3) is 3.11. The van der Waals surface area contributed by atoms with Gasteiger partial charge in [0, 0.05) is 10.0 Å². The van der Waals surface area contributed by atoms with Crippen LogP contribution in [-0.4, -0.2) is 5.54 Å². The summed E-state index contributed by atoms with van der Waals surface area (Å²) in [5.74, 6) is 0.694. The lowest BCUT2D eigenvalue weighted by Crippen LogP contribution is -2.50. The molecule has 2 N–H and O–H groups in total. The molecule has 2 heteroatoms. The van der Waals surface area contributed by atoms with E-state index in [2.05, 4.69) is 47.1 Å². The molecule has 2 rings (SSSR count). The van der Waals surface area contributed by atoms with Gasteiger partial charge in [-0.15, -0.1) is 0 Å². The van der Waals surface area contributed by atoms with E-state index in [0.717, 1.165) is 10.9 Å². The van der Waals surface area contributed by atoms with Crippen molar-refractivity contribution in [2.75, 3.05) is 0 Å². The summed E-state index contributed by atoms with van der Waals surface area (Å²) in [6, 6.07) is 8.62. The van der Waals surface area contributed by atoms with Gasteiger partial charge in [-0.2, -0.15) is 0 Å². The minimum atomic E-state index is 0.0286. The largest absolute Gasteiger partial charge is 0.325 e. The first-order valence-corrected chi connectivity index (χ1v) is 7.46. The lowest BCUT2D eigenvalue weighted by molar-refractivity contribution is 0.182. The molecule has 0 bridgehead atoms. The van der Waals surface area contributed by atoms with Gasteiger partial charge < -0.3 is 5.73 Å². The number of hydrogen-bond acceptors (Lipinski definition) is 1. The zero-order valence-corrected chi connectivity index (χ0v) is 12.2. The van der Waals surface area contributed by atoms with Crippen molar-refractivity contribution in [1.82, 2.24) is 0 Å². The summed E-state index contributed by atoms with van der Waals surface area (Å²) in [7, 11) is 0. The summed E-state index contributed by atoms with van der Waals surface area (Å²) in [4.78, 5) is 0. The van der Waals surface area contributed by atoms with Crippen LogP contribution in [0.1, 0.15) is 44.6 Å². The topological polar surface area (TPSA) is 26.0 Å². The second-order valence-electron chi connectivity index (χ2n) is 5.39. The average Bonchev–Trinajstić information content (AvgIpc) is 2.32. The summed E-state index contributed by atoms with van der Waals surface area (Å²) < 4.78 is 1.14. The lowest BCUT2D eigenvalue weighted by Gasteiger charge is -2.41. The maximum atomic E-state index is 6.67. The second-order valence-corrected chi connectivity index (χ2v) is 6.30. The molecule has 1 aromatic carbocycles. The molecule has 17 heavy (non-hydrogen) atoms. The van der Waals surface area contributed by atoms with Crippen LogP contribution in [-0.2, 0) is 6.42 Å². The molecule has 0 amide bonds. The monoisotopic (exact) mass is 295 g/mol. The van der Waals surface area contributed by atoms with Crippen LogP contribution in [0.3, 0.4) is 0 Å². The van der Waals surface area contributed by atoms with Gasteiger partial charge in [0.05, 0.1) is 0 Å². The lowest BCUT2D eigenvalue weighted by atomic mass is 9.69. The zero-order valence-electron chi connectivity index (χ0n) is 10.6. The molecule has 1 fully saturated rings. The van der Waals surface area contributed by atoms with Gasteiger partial charge in [0.15, 0.2) is 0 Å². The molecule has 1 aromatic rings. The Morgan fingerprint density at radius 3 is 2.65 bits per heavy atom. The van der Waals surface area contributed by atoms with Crippen LogP contribution in [0.25, 0.3) is 0 Å². The third-order valence-electron chi connectivity index (χ3n) is 4.20. The van der Waals surface area contributed by atoms with Crippen LogP contribution < -0.4 is 5.73 Å². The Hall–Kier alpha value is -0.340. The van der Waals surface area contributed by atoms with Crippen molar-refractivity contribution >= 4 is 15.9 Å². The first-order valence-electron chi connectivity index (χ1n) is 6.67. The van der Waals surface area contributed by atoms with E-state index in [1.807, 2.05) is 0 Å². The number of benzene rings is 1. The molecular weight excluding hydrogens is 274 g/mol. The smallest absolute Gasteiger partial charge is 0.0223 e. The predicted octanol–water partition coefficient (Wildman–Crippen LogP) is 4.29. The van der Waals surface area contributed by atoms with Crippen molar-refractivity contribution in [3.8, 4) is 0 Å². The van der Waals surface area contributed by atoms with Crippen molar-refractivity contribution in [2.24, 2.45) is 11.7 Å². The molecule has 1 nitrogen and oxygen atoms in total. The van der Waals surface area contributed by atoms with Crippen molar-refractivity contribution in [2.45, 2.75) is 51.0 Å². The van der Waals surface area contributed by atoms with Crippen LogP contribution in [0, 0.1) is 5.92 Å². The molecule has 1 saturated carbocycles. The highest BCUT2D eigenvalue weighted by Crippen LogP contribution is 2.36. The van der Waals surface area contributed by atoms with Gasteiger partial charge in [-0.25, -0.2) is 0 Å². The van der Waals surface area contributed by atoms with Crippen molar-refractivity contribution < 1.29 is 0 Å². The molecule has 94 valence electrons. The molecular formula is C15H22BrN. The summed E-state index contributed by atoms with van der Waals surface area (Å²) in [6.45, 7) is 2.28. The Labute approximate surface area is 113 Å². The van der Waals surface area contributed by atoms with Crippen molar-refractivity contribution in [3.63, 3.8) is 0 Å².